The van der Waals surface area contributed by atoms with E-state index in [0.29, 0.717) is 6.42 Å². The third-order valence-corrected chi connectivity index (χ3v) is 2.72. The topological polar surface area (TPSA) is 49.8 Å². The molecular weight excluding hydrogens is 218 g/mol. The minimum Gasteiger partial charge on any atom is -0.480 e. The number of carbonyl (C=O) groups is 1. The van der Waals surface area contributed by atoms with Crippen molar-refractivity contribution in [3.05, 3.63) is 0 Å². The lowest BCUT2D eigenvalue weighted by molar-refractivity contribution is -0.143. The molecule has 1 rings (SSSR count). The fourth-order valence-corrected chi connectivity index (χ4v) is 1.91. The molecule has 0 spiro atoms. The quantitative estimate of drug-likeness (QED) is 0.785. The maximum Gasteiger partial charge on any atom is 0.320 e. The first-order valence-corrected chi connectivity index (χ1v) is 5.19. The summed E-state index contributed by atoms with van der Waals surface area (Å²) >= 11 is 0. The number of halogens is 1. The molecule has 1 saturated heterocycles. The highest BCUT2D eigenvalue weighted by atomic mass is 35.5. The lowest BCUT2D eigenvalue weighted by Crippen LogP contribution is -2.41. The van der Waals surface area contributed by atoms with Crippen LogP contribution in [-0.2, 0) is 9.53 Å². The van der Waals surface area contributed by atoms with Gasteiger partial charge < -0.3 is 9.84 Å². The monoisotopic (exact) mass is 237 g/mol. The number of likely N-dealkylation sites (N-methyl/N-ethyl adjacent to an activating group) is 1. The van der Waals surface area contributed by atoms with Gasteiger partial charge in [0.1, 0.15) is 6.04 Å². The maximum atomic E-state index is 10.9. The standard InChI is InChI=1S/C10H19NO3.ClH/c1-3-9(10(12)13)11(2)7-8-5-4-6-14-8;/h8-9H,3-7H2,1-2H3,(H,12,13);1H. The molecule has 0 radical (unpaired) electrons. The van der Waals surface area contributed by atoms with E-state index in [9.17, 15) is 4.79 Å². The summed E-state index contributed by atoms with van der Waals surface area (Å²) in [6.45, 7) is 3.44. The van der Waals surface area contributed by atoms with Crippen LogP contribution in [0.3, 0.4) is 0 Å². The van der Waals surface area contributed by atoms with E-state index in [1.165, 1.54) is 0 Å². The summed E-state index contributed by atoms with van der Waals surface area (Å²) in [5.41, 5.74) is 0. The number of aliphatic carboxylic acids is 1. The zero-order chi connectivity index (χ0) is 10.6. The third kappa shape index (κ3) is 4.36. The predicted octanol–water partition coefficient (Wildman–Crippen LogP) is 1.38. The lowest BCUT2D eigenvalue weighted by atomic mass is 10.1. The first kappa shape index (κ1) is 14.7. The minimum atomic E-state index is -0.743. The summed E-state index contributed by atoms with van der Waals surface area (Å²) in [6, 6.07) is -0.376. The molecule has 0 bridgehead atoms. The van der Waals surface area contributed by atoms with Crippen LogP contribution >= 0.6 is 12.4 Å². The van der Waals surface area contributed by atoms with Gasteiger partial charge in [0, 0.05) is 13.2 Å². The van der Waals surface area contributed by atoms with Crippen molar-refractivity contribution in [3.63, 3.8) is 0 Å². The molecule has 0 amide bonds. The summed E-state index contributed by atoms with van der Waals surface area (Å²) in [6.07, 6.45) is 3.02. The van der Waals surface area contributed by atoms with Crippen molar-refractivity contribution in [3.8, 4) is 0 Å². The molecule has 1 aliphatic rings. The molecule has 4 nitrogen and oxygen atoms in total. The third-order valence-electron chi connectivity index (χ3n) is 2.72. The predicted molar refractivity (Wildman–Crippen MR) is 60.6 cm³/mol. The smallest absolute Gasteiger partial charge is 0.320 e. The van der Waals surface area contributed by atoms with Gasteiger partial charge in [-0.15, -0.1) is 12.4 Å². The molecule has 0 saturated carbocycles. The van der Waals surface area contributed by atoms with E-state index >= 15 is 0 Å². The Kier molecular flexibility index (Phi) is 6.89. The average molecular weight is 238 g/mol. The molecule has 90 valence electrons. The molecule has 0 aliphatic carbocycles. The van der Waals surface area contributed by atoms with E-state index in [1.807, 2.05) is 18.9 Å². The van der Waals surface area contributed by atoms with Crippen LogP contribution in [0.5, 0.6) is 0 Å². The van der Waals surface area contributed by atoms with E-state index in [4.69, 9.17) is 9.84 Å². The number of ether oxygens (including phenoxy) is 1. The van der Waals surface area contributed by atoms with Crippen LogP contribution in [0.25, 0.3) is 0 Å². The highest BCUT2D eigenvalue weighted by Crippen LogP contribution is 2.14. The average Bonchev–Trinajstić information content (AvgIpc) is 2.57. The van der Waals surface area contributed by atoms with Crippen LogP contribution in [0.1, 0.15) is 26.2 Å². The highest BCUT2D eigenvalue weighted by molar-refractivity contribution is 5.85. The number of hydrogen-bond acceptors (Lipinski definition) is 3. The van der Waals surface area contributed by atoms with Gasteiger partial charge in [0.05, 0.1) is 6.10 Å². The lowest BCUT2D eigenvalue weighted by Gasteiger charge is -2.25. The van der Waals surface area contributed by atoms with Crippen molar-refractivity contribution in [2.24, 2.45) is 0 Å². The minimum absolute atomic E-state index is 0. The van der Waals surface area contributed by atoms with Crippen molar-refractivity contribution in [1.29, 1.82) is 0 Å². The van der Waals surface area contributed by atoms with Crippen LogP contribution in [0.4, 0.5) is 0 Å². The van der Waals surface area contributed by atoms with Gasteiger partial charge in [0.25, 0.3) is 0 Å². The molecule has 1 aliphatic heterocycles. The van der Waals surface area contributed by atoms with E-state index in [1.54, 1.807) is 0 Å². The van der Waals surface area contributed by atoms with Crippen LogP contribution in [0.15, 0.2) is 0 Å². The number of carboxylic acids is 1. The van der Waals surface area contributed by atoms with E-state index < -0.39 is 5.97 Å². The number of rotatable bonds is 5. The Morgan fingerprint density at radius 3 is 2.73 bits per heavy atom. The van der Waals surface area contributed by atoms with Gasteiger partial charge in [0.2, 0.25) is 0 Å². The van der Waals surface area contributed by atoms with Crippen molar-refractivity contribution >= 4 is 18.4 Å². The molecule has 2 unspecified atom stereocenters. The van der Waals surface area contributed by atoms with Crippen LogP contribution in [0.2, 0.25) is 0 Å². The van der Waals surface area contributed by atoms with Crippen molar-refractivity contribution < 1.29 is 14.6 Å². The summed E-state index contributed by atoms with van der Waals surface area (Å²) in [5, 5.41) is 8.94. The van der Waals surface area contributed by atoms with Crippen molar-refractivity contribution in [2.75, 3.05) is 20.2 Å². The van der Waals surface area contributed by atoms with Gasteiger partial charge >= 0.3 is 5.97 Å². The molecule has 0 aromatic rings. The maximum absolute atomic E-state index is 10.9. The summed E-state index contributed by atoms with van der Waals surface area (Å²) in [7, 11) is 1.85. The van der Waals surface area contributed by atoms with Crippen LogP contribution in [-0.4, -0.2) is 48.3 Å². The normalized spacial score (nSPS) is 22.5. The van der Waals surface area contributed by atoms with Crippen LogP contribution < -0.4 is 0 Å². The Hall–Kier alpha value is -0.320. The number of carboxylic acid groups (broad SMARTS) is 1. The van der Waals surface area contributed by atoms with Gasteiger partial charge in [-0.3, -0.25) is 9.69 Å². The molecule has 2 atom stereocenters. The molecular formula is C10H20ClNO3. The van der Waals surface area contributed by atoms with Crippen molar-refractivity contribution in [2.45, 2.75) is 38.3 Å². The molecule has 1 heterocycles. The SMILES string of the molecule is CCC(C(=O)O)N(C)CC1CCCO1.Cl. The second-order valence-electron chi connectivity index (χ2n) is 3.84. The Morgan fingerprint density at radius 2 is 2.33 bits per heavy atom. The Balaban J connectivity index is 0.00000196. The Morgan fingerprint density at radius 1 is 1.67 bits per heavy atom. The zero-order valence-electron chi connectivity index (χ0n) is 9.31. The molecule has 1 fully saturated rings. The first-order chi connectivity index (χ1) is 6.65. The Bertz CT molecular complexity index is 195. The molecule has 0 aromatic heterocycles. The van der Waals surface area contributed by atoms with Gasteiger partial charge in [-0.1, -0.05) is 6.92 Å². The van der Waals surface area contributed by atoms with Crippen molar-refractivity contribution in [1.82, 2.24) is 4.90 Å². The van der Waals surface area contributed by atoms with E-state index in [-0.39, 0.29) is 24.6 Å². The Labute approximate surface area is 97.0 Å². The van der Waals surface area contributed by atoms with Gasteiger partial charge in [-0.05, 0) is 26.3 Å². The van der Waals surface area contributed by atoms with Gasteiger partial charge in [-0.25, -0.2) is 0 Å². The molecule has 5 heteroatoms. The number of nitrogens with zero attached hydrogens (tertiary/aromatic N) is 1. The van der Waals surface area contributed by atoms with Gasteiger partial charge in [0.15, 0.2) is 0 Å². The number of hydrogen-bond donors (Lipinski definition) is 1. The highest BCUT2D eigenvalue weighted by Gasteiger charge is 2.24. The molecule has 0 aromatic carbocycles. The summed E-state index contributed by atoms with van der Waals surface area (Å²) < 4.78 is 5.46. The van der Waals surface area contributed by atoms with Crippen LogP contribution in [0, 0.1) is 0 Å². The molecule has 15 heavy (non-hydrogen) atoms. The van der Waals surface area contributed by atoms with E-state index in [0.717, 1.165) is 26.0 Å². The fourth-order valence-electron chi connectivity index (χ4n) is 1.91. The summed E-state index contributed by atoms with van der Waals surface area (Å²) in [4.78, 5) is 12.7. The second-order valence-corrected chi connectivity index (χ2v) is 3.84. The largest absolute Gasteiger partial charge is 0.480 e. The van der Waals surface area contributed by atoms with E-state index in [2.05, 4.69) is 0 Å². The zero-order valence-corrected chi connectivity index (χ0v) is 10.1. The first-order valence-electron chi connectivity index (χ1n) is 5.19. The van der Waals surface area contributed by atoms with Gasteiger partial charge in [-0.2, -0.15) is 0 Å². The molecule has 1 N–H and O–H groups in total. The second kappa shape index (κ2) is 7.04. The fraction of sp³-hybridized carbons (Fsp3) is 0.900. The summed E-state index contributed by atoms with van der Waals surface area (Å²) in [5.74, 6) is -0.743.